The van der Waals surface area contributed by atoms with Crippen LogP contribution in [-0.2, 0) is 0 Å². The first-order valence-electron chi connectivity index (χ1n) is 11.8. The molecule has 4 aromatic rings. The van der Waals surface area contributed by atoms with Crippen LogP contribution in [-0.4, -0.2) is 47.9 Å². The molecule has 0 saturated carbocycles. The minimum Gasteiger partial charge on any atom is -0.407 e. The molecule has 1 saturated heterocycles. The fourth-order valence-electron chi connectivity index (χ4n) is 5.46. The minimum absolute atomic E-state index is 0.444. The molecule has 1 fully saturated rings. The number of ether oxygens (including phenoxy) is 2. The first-order chi connectivity index (χ1) is 17.0. The molecule has 35 heavy (non-hydrogen) atoms. The molecule has 7 heteroatoms. The summed E-state index contributed by atoms with van der Waals surface area (Å²) in [5.74, 6) is 0.909. The summed E-state index contributed by atoms with van der Waals surface area (Å²) >= 11 is 0. The number of hydrogen-bond donors (Lipinski definition) is 0. The molecule has 2 heterocycles. The van der Waals surface area contributed by atoms with Crippen LogP contribution < -0.4 is 9.47 Å². The Hall–Kier alpha value is -3.63. The molecular formula is C28H26N2O4P+. The Kier molecular flexibility index (Phi) is 5.15. The number of hydrogen-bond acceptors (Lipinski definition) is 4. The van der Waals surface area contributed by atoms with Crippen molar-refractivity contribution in [3.63, 3.8) is 0 Å². The molecule has 176 valence electrons. The van der Waals surface area contributed by atoms with Gasteiger partial charge in [0.25, 0.3) is 0 Å². The zero-order chi connectivity index (χ0) is 24.2. The van der Waals surface area contributed by atoms with E-state index in [1.54, 1.807) is 23.4 Å². The van der Waals surface area contributed by atoms with Crippen LogP contribution in [0.1, 0.15) is 12.8 Å². The van der Waals surface area contributed by atoms with Crippen LogP contribution in [0.25, 0.3) is 32.7 Å². The van der Waals surface area contributed by atoms with Crippen molar-refractivity contribution in [1.82, 2.24) is 9.34 Å². The molecule has 0 unspecified atom stereocenters. The van der Waals surface area contributed by atoms with Gasteiger partial charge >= 0.3 is 12.2 Å². The Labute approximate surface area is 204 Å². The normalized spacial score (nSPS) is 17.7. The minimum atomic E-state index is -2.28. The molecule has 2 aliphatic heterocycles. The van der Waals surface area contributed by atoms with Crippen LogP contribution in [0.3, 0.4) is 0 Å². The molecule has 0 aromatic heterocycles. The summed E-state index contributed by atoms with van der Waals surface area (Å²) in [5, 5.41) is 3.86. The molecule has 4 aromatic carbocycles. The van der Waals surface area contributed by atoms with Crippen molar-refractivity contribution in [3.05, 3.63) is 72.8 Å². The molecule has 6 rings (SSSR count). The third-order valence-electron chi connectivity index (χ3n) is 7.35. The number of nitrogens with zero attached hydrogens (tertiary/aromatic N) is 2. The third-order valence-corrected chi connectivity index (χ3v) is 12.0. The van der Waals surface area contributed by atoms with E-state index in [2.05, 4.69) is 0 Å². The monoisotopic (exact) mass is 485 g/mol. The fourth-order valence-corrected chi connectivity index (χ4v) is 9.43. The number of amides is 2. The SMILES string of the molecule is CN1C(=O)Oc2ccc3ccccc3c2-c2c(ccc3ccccc23)OC(=O)N(C)[P+]12CCCC2. The van der Waals surface area contributed by atoms with Crippen LogP contribution in [0, 0.1) is 0 Å². The smallest absolute Gasteiger partial charge is 0.407 e. The van der Waals surface area contributed by atoms with E-state index in [0.29, 0.717) is 11.5 Å². The number of carbonyl (C=O) groups is 2. The maximum atomic E-state index is 13.6. The molecule has 2 aliphatic rings. The average molecular weight is 486 g/mol. The first kappa shape index (κ1) is 21.9. The quantitative estimate of drug-likeness (QED) is 0.248. The lowest BCUT2D eigenvalue weighted by Gasteiger charge is -2.35. The van der Waals surface area contributed by atoms with Crippen molar-refractivity contribution in [2.75, 3.05) is 26.4 Å². The summed E-state index contributed by atoms with van der Waals surface area (Å²) in [6.07, 6.45) is 2.59. The fraction of sp³-hybridized carbons (Fsp3) is 0.214. The maximum Gasteiger partial charge on any atom is 0.448 e. The molecule has 0 N–H and O–H groups in total. The number of fused-ring (bicyclic) bond motifs is 7. The summed E-state index contributed by atoms with van der Waals surface area (Å²) in [6, 6.07) is 23.6. The van der Waals surface area contributed by atoms with E-state index in [1.807, 2.05) is 72.8 Å². The van der Waals surface area contributed by atoms with E-state index in [0.717, 1.165) is 57.8 Å². The lowest BCUT2D eigenvalue weighted by molar-refractivity contribution is 0.177. The van der Waals surface area contributed by atoms with Gasteiger partial charge in [-0.3, -0.25) is 0 Å². The second-order valence-corrected chi connectivity index (χ2v) is 13.0. The Morgan fingerprint density at radius 2 is 1.06 bits per heavy atom. The molecule has 2 amide bonds. The Morgan fingerprint density at radius 3 is 1.51 bits per heavy atom. The summed E-state index contributed by atoms with van der Waals surface area (Å²) in [6.45, 7) is 0. The van der Waals surface area contributed by atoms with Crippen LogP contribution in [0.4, 0.5) is 9.59 Å². The van der Waals surface area contributed by atoms with Gasteiger partial charge < -0.3 is 9.47 Å². The van der Waals surface area contributed by atoms with Crippen LogP contribution in [0.2, 0.25) is 0 Å². The molecule has 1 spiro atoms. The lowest BCUT2D eigenvalue weighted by Crippen LogP contribution is -2.41. The van der Waals surface area contributed by atoms with Crippen LogP contribution >= 0.6 is 7.56 Å². The number of benzene rings is 4. The van der Waals surface area contributed by atoms with Crippen LogP contribution in [0.5, 0.6) is 11.5 Å². The number of rotatable bonds is 0. The second kappa shape index (κ2) is 8.24. The summed E-state index contributed by atoms with van der Waals surface area (Å²) in [7, 11) is 1.24. The van der Waals surface area contributed by atoms with Crippen LogP contribution in [0.15, 0.2) is 72.8 Å². The van der Waals surface area contributed by atoms with E-state index < -0.39 is 19.8 Å². The van der Waals surface area contributed by atoms with Gasteiger partial charge in [-0.2, -0.15) is 9.34 Å². The molecule has 0 radical (unpaired) electrons. The van der Waals surface area contributed by atoms with Gasteiger partial charge in [-0.05, 0) is 46.5 Å². The summed E-state index contributed by atoms with van der Waals surface area (Å²) in [4.78, 5) is 27.2. The molecule has 0 aliphatic carbocycles. The average Bonchev–Trinajstić information content (AvgIpc) is 3.38. The van der Waals surface area contributed by atoms with Gasteiger partial charge in [-0.1, -0.05) is 60.7 Å². The van der Waals surface area contributed by atoms with Gasteiger partial charge in [0.05, 0.1) is 14.1 Å². The Bertz CT molecular complexity index is 1390. The van der Waals surface area contributed by atoms with Crippen molar-refractivity contribution in [2.45, 2.75) is 12.8 Å². The van der Waals surface area contributed by atoms with Gasteiger partial charge in [0.15, 0.2) is 0 Å². The van der Waals surface area contributed by atoms with E-state index in [-0.39, 0.29) is 0 Å². The topological polar surface area (TPSA) is 59.1 Å². The maximum absolute atomic E-state index is 13.6. The summed E-state index contributed by atoms with van der Waals surface area (Å²) in [5.41, 5.74) is 1.49. The highest BCUT2D eigenvalue weighted by molar-refractivity contribution is 7.72. The van der Waals surface area contributed by atoms with Gasteiger partial charge in [0, 0.05) is 11.1 Å². The molecule has 6 nitrogen and oxygen atoms in total. The lowest BCUT2D eigenvalue weighted by atomic mass is 9.92. The Balaban J connectivity index is 1.69. The van der Waals surface area contributed by atoms with Gasteiger partial charge in [0.1, 0.15) is 23.8 Å². The largest absolute Gasteiger partial charge is 0.448 e. The highest BCUT2D eigenvalue weighted by atomic mass is 31.2. The number of carbonyl (C=O) groups excluding carboxylic acids is 2. The van der Waals surface area contributed by atoms with Crippen molar-refractivity contribution < 1.29 is 19.1 Å². The zero-order valence-corrected chi connectivity index (χ0v) is 20.6. The standard InChI is InChI=1S/C28H26N2O4P/c1-29-27(31)33-23-15-13-19-9-3-5-11-21(19)25(23)26-22-12-6-4-10-20(22)14-16-24(26)34-28(32)30(2)35(29)17-7-8-18-35/h3-6,9-16H,7-8,17-18H2,1-2H3/q+1. The van der Waals surface area contributed by atoms with Gasteiger partial charge in [-0.25, -0.2) is 9.59 Å². The highest BCUT2D eigenvalue weighted by Gasteiger charge is 2.56. The molecule has 0 bridgehead atoms. The van der Waals surface area contributed by atoms with Crippen molar-refractivity contribution in [1.29, 1.82) is 0 Å². The van der Waals surface area contributed by atoms with Gasteiger partial charge in [-0.15, -0.1) is 0 Å². The third kappa shape index (κ3) is 3.35. The van der Waals surface area contributed by atoms with Gasteiger partial charge in [0.2, 0.25) is 7.56 Å². The van der Waals surface area contributed by atoms with E-state index in [1.165, 1.54) is 0 Å². The van der Waals surface area contributed by atoms with E-state index >= 15 is 0 Å². The molecule has 0 atom stereocenters. The molecular weight excluding hydrogens is 459 g/mol. The van der Waals surface area contributed by atoms with E-state index in [9.17, 15) is 9.59 Å². The van der Waals surface area contributed by atoms with Crippen molar-refractivity contribution in [3.8, 4) is 22.6 Å². The second-order valence-electron chi connectivity index (χ2n) is 9.14. The van der Waals surface area contributed by atoms with Crippen molar-refractivity contribution >= 4 is 41.3 Å². The summed E-state index contributed by atoms with van der Waals surface area (Å²) < 4.78 is 15.6. The Morgan fingerprint density at radius 1 is 0.629 bits per heavy atom. The highest BCUT2D eigenvalue weighted by Crippen LogP contribution is 2.68. The predicted molar refractivity (Wildman–Crippen MR) is 140 cm³/mol. The van der Waals surface area contributed by atoms with E-state index in [4.69, 9.17) is 9.47 Å². The van der Waals surface area contributed by atoms with Crippen molar-refractivity contribution in [2.24, 2.45) is 0 Å². The predicted octanol–water partition coefficient (Wildman–Crippen LogP) is 7.18. The zero-order valence-electron chi connectivity index (χ0n) is 19.7. The first-order valence-corrected chi connectivity index (χ1v) is 13.9.